The van der Waals surface area contributed by atoms with Crippen molar-refractivity contribution in [1.29, 1.82) is 5.26 Å². The summed E-state index contributed by atoms with van der Waals surface area (Å²) in [5.41, 5.74) is 3.24. The van der Waals surface area contributed by atoms with Gasteiger partial charge in [0.15, 0.2) is 17.1 Å². The molecular weight excluding hydrogens is 454 g/mol. The number of nitrogens with one attached hydrogen (secondary N) is 1. The van der Waals surface area contributed by atoms with E-state index >= 15 is 0 Å². The summed E-state index contributed by atoms with van der Waals surface area (Å²) in [6.07, 6.45) is 6.60. The van der Waals surface area contributed by atoms with Crippen molar-refractivity contribution < 1.29 is 13.9 Å². The Morgan fingerprint density at radius 3 is 2.78 bits per heavy atom. The van der Waals surface area contributed by atoms with Crippen molar-refractivity contribution in [3.05, 3.63) is 102 Å². The minimum absolute atomic E-state index is 0.0542. The average molecular weight is 476 g/mol. The average Bonchev–Trinajstić information content (AvgIpc) is 3.55. The van der Waals surface area contributed by atoms with E-state index in [-0.39, 0.29) is 12.1 Å². The lowest BCUT2D eigenvalue weighted by molar-refractivity contribution is -0.117. The number of benzene rings is 2. The highest BCUT2D eigenvalue weighted by atomic mass is 16.5. The van der Waals surface area contributed by atoms with Gasteiger partial charge in [-0.15, -0.1) is 0 Å². The van der Waals surface area contributed by atoms with Gasteiger partial charge < -0.3 is 14.5 Å². The second kappa shape index (κ2) is 9.99. The number of pyridine rings is 1. The van der Waals surface area contributed by atoms with Crippen LogP contribution in [0.2, 0.25) is 0 Å². The quantitative estimate of drug-likeness (QED) is 0.265. The number of furan rings is 1. The van der Waals surface area contributed by atoms with E-state index in [1.807, 2.05) is 66.7 Å². The Labute approximate surface area is 207 Å². The van der Waals surface area contributed by atoms with E-state index in [1.165, 1.54) is 6.08 Å². The van der Waals surface area contributed by atoms with Crippen LogP contribution in [0.3, 0.4) is 0 Å². The van der Waals surface area contributed by atoms with Crippen LogP contribution in [0.25, 0.3) is 34.2 Å². The molecule has 8 nitrogen and oxygen atoms in total. The Bertz CT molecular complexity index is 1600. The van der Waals surface area contributed by atoms with E-state index < -0.39 is 5.91 Å². The van der Waals surface area contributed by atoms with Crippen LogP contribution >= 0.6 is 0 Å². The Balaban J connectivity index is 1.55. The van der Waals surface area contributed by atoms with Crippen LogP contribution < -0.4 is 10.1 Å². The number of hydrogen-bond donors (Lipinski definition) is 1. The van der Waals surface area contributed by atoms with Gasteiger partial charge in [-0.3, -0.25) is 9.78 Å². The summed E-state index contributed by atoms with van der Waals surface area (Å²) in [6.45, 7) is 0.255. The van der Waals surface area contributed by atoms with Gasteiger partial charge >= 0.3 is 0 Å². The summed E-state index contributed by atoms with van der Waals surface area (Å²) < 4.78 is 13.2. The maximum Gasteiger partial charge on any atom is 0.262 e. The zero-order valence-electron chi connectivity index (χ0n) is 19.4. The molecule has 0 spiro atoms. The van der Waals surface area contributed by atoms with Crippen LogP contribution in [-0.2, 0) is 11.3 Å². The molecule has 0 aliphatic carbocycles. The van der Waals surface area contributed by atoms with Gasteiger partial charge in [0.05, 0.1) is 12.8 Å². The summed E-state index contributed by atoms with van der Waals surface area (Å²) >= 11 is 0. The van der Waals surface area contributed by atoms with E-state index in [4.69, 9.17) is 14.3 Å². The lowest BCUT2D eigenvalue weighted by Crippen LogP contribution is -2.24. The molecule has 176 valence electrons. The highest BCUT2D eigenvalue weighted by Gasteiger charge is 2.19. The van der Waals surface area contributed by atoms with Crippen molar-refractivity contribution in [1.82, 2.24) is 20.1 Å². The standard InChI is InChI=1S/C28H21N5O3/c1-35-24-11-5-8-20-14-25(36-27(20)24)26-22(18-33(32-26)23-9-3-2-4-10-23)13-21(15-29)28(34)31-17-19-7-6-12-30-16-19/h2-14,16,18H,17H2,1H3,(H,31,34)/b21-13-. The molecule has 0 fully saturated rings. The zero-order valence-corrected chi connectivity index (χ0v) is 19.4. The van der Waals surface area contributed by atoms with Crippen molar-refractivity contribution in [2.45, 2.75) is 6.54 Å². The first kappa shape index (κ1) is 22.6. The number of amides is 1. The molecule has 0 saturated carbocycles. The molecule has 1 N–H and O–H groups in total. The number of fused-ring (bicyclic) bond motifs is 1. The maximum absolute atomic E-state index is 12.8. The van der Waals surface area contributed by atoms with E-state index in [2.05, 4.69) is 10.3 Å². The third-order valence-electron chi connectivity index (χ3n) is 5.57. The molecule has 0 unspecified atom stereocenters. The Hall–Kier alpha value is -5.16. The van der Waals surface area contributed by atoms with Gasteiger partial charge in [0, 0.05) is 36.1 Å². The highest BCUT2D eigenvalue weighted by molar-refractivity contribution is 6.02. The second-order valence-electron chi connectivity index (χ2n) is 7.92. The van der Waals surface area contributed by atoms with E-state index in [0.717, 1.165) is 16.6 Å². The van der Waals surface area contributed by atoms with Crippen LogP contribution in [0.5, 0.6) is 5.75 Å². The number of ether oxygens (including phenoxy) is 1. The molecule has 2 aromatic carbocycles. The number of methoxy groups -OCH3 is 1. The molecule has 8 heteroatoms. The van der Waals surface area contributed by atoms with E-state index in [0.29, 0.717) is 28.4 Å². The molecule has 0 aliphatic rings. The smallest absolute Gasteiger partial charge is 0.262 e. The minimum atomic E-state index is -0.494. The fourth-order valence-electron chi connectivity index (χ4n) is 3.80. The van der Waals surface area contributed by atoms with Gasteiger partial charge in [-0.25, -0.2) is 4.68 Å². The SMILES string of the molecule is COc1cccc2cc(-c3nn(-c4ccccc4)cc3/C=C(/C#N)C(=O)NCc3cccnc3)oc12. The molecule has 0 saturated heterocycles. The lowest BCUT2D eigenvalue weighted by atomic mass is 10.1. The molecule has 0 bridgehead atoms. The molecule has 1 amide bonds. The number of aromatic nitrogens is 3. The molecule has 5 rings (SSSR count). The summed E-state index contributed by atoms with van der Waals surface area (Å²) in [7, 11) is 1.58. The molecule has 5 aromatic rings. The summed E-state index contributed by atoms with van der Waals surface area (Å²) in [4.78, 5) is 16.9. The van der Waals surface area contributed by atoms with Crippen LogP contribution in [-0.4, -0.2) is 27.8 Å². The van der Waals surface area contributed by atoms with Crippen molar-refractivity contribution in [3.8, 4) is 29.0 Å². The first-order valence-electron chi connectivity index (χ1n) is 11.2. The Kier molecular flexibility index (Phi) is 6.28. The molecule has 36 heavy (non-hydrogen) atoms. The number of nitrogens with zero attached hydrogens (tertiary/aromatic N) is 4. The maximum atomic E-state index is 12.8. The topological polar surface area (TPSA) is 106 Å². The van der Waals surface area contributed by atoms with Gasteiger partial charge in [0.2, 0.25) is 0 Å². The summed E-state index contributed by atoms with van der Waals surface area (Å²) in [5, 5.41) is 18.1. The number of hydrogen-bond acceptors (Lipinski definition) is 6. The monoisotopic (exact) mass is 475 g/mol. The highest BCUT2D eigenvalue weighted by Crippen LogP contribution is 2.35. The third kappa shape index (κ3) is 4.58. The van der Waals surface area contributed by atoms with Gasteiger partial charge in [-0.2, -0.15) is 10.4 Å². The summed E-state index contributed by atoms with van der Waals surface area (Å²) in [5.74, 6) is 0.598. The molecule has 3 heterocycles. The fourth-order valence-corrected chi connectivity index (χ4v) is 3.80. The predicted octanol–water partition coefficient (Wildman–Crippen LogP) is 4.91. The van der Waals surface area contributed by atoms with Crippen molar-refractivity contribution in [3.63, 3.8) is 0 Å². The molecule has 0 radical (unpaired) electrons. The number of rotatable bonds is 7. The Morgan fingerprint density at radius 1 is 1.17 bits per heavy atom. The van der Waals surface area contributed by atoms with Gasteiger partial charge in [0.1, 0.15) is 17.3 Å². The minimum Gasteiger partial charge on any atom is -0.493 e. The lowest BCUT2D eigenvalue weighted by Gasteiger charge is -2.04. The van der Waals surface area contributed by atoms with Crippen molar-refractivity contribution in [2.24, 2.45) is 0 Å². The third-order valence-corrected chi connectivity index (χ3v) is 5.57. The van der Waals surface area contributed by atoms with Crippen molar-refractivity contribution in [2.75, 3.05) is 7.11 Å². The molecular formula is C28H21N5O3. The zero-order chi connectivity index (χ0) is 24.9. The van der Waals surface area contributed by atoms with Crippen LogP contribution in [0.15, 0.2) is 95.3 Å². The fraction of sp³-hybridized carbons (Fsp3) is 0.0714. The largest absolute Gasteiger partial charge is 0.493 e. The van der Waals surface area contributed by atoms with Crippen molar-refractivity contribution >= 4 is 23.0 Å². The van der Waals surface area contributed by atoms with E-state index in [1.54, 1.807) is 36.4 Å². The van der Waals surface area contributed by atoms with Crippen LogP contribution in [0.1, 0.15) is 11.1 Å². The molecule has 0 aliphatic heterocycles. The second-order valence-corrected chi connectivity index (χ2v) is 7.92. The summed E-state index contributed by atoms with van der Waals surface area (Å²) in [6, 6.07) is 22.7. The normalized spacial score (nSPS) is 11.3. The Morgan fingerprint density at radius 2 is 2.03 bits per heavy atom. The van der Waals surface area contributed by atoms with Gasteiger partial charge in [-0.05, 0) is 42.0 Å². The first-order valence-corrected chi connectivity index (χ1v) is 11.2. The van der Waals surface area contributed by atoms with E-state index in [9.17, 15) is 10.1 Å². The van der Waals surface area contributed by atoms with Gasteiger partial charge in [-0.1, -0.05) is 36.4 Å². The number of nitriles is 1. The number of carbonyl (C=O) groups excluding carboxylic acids is 1. The predicted molar refractivity (Wildman–Crippen MR) is 135 cm³/mol. The van der Waals surface area contributed by atoms with Crippen LogP contribution in [0, 0.1) is 11.3 Å². The number of para-hydroxylation sites is 2. The molecule has 3 aromatic heterocycles. The first-order chi connectivity index (χ1) is 17.7. The van der Waals surface area contributed by atoms with Gasteiger partial charge in [0.25, 0.3) is 5.91 Å². The number of carbonyl (C=O) groups is 1. The molecule has 0 atom stereocenters. The van der Waals surface area contributed by atoms with Crippen LogP contribution in [0.4, 0.5) is 0 Å².